The lowest BCUT2D eigenvalue weighted by atomic mass is 10.1. The predicted molar refractivity (Wildman–Crippen MR) is 136 cm³/mol. The Morgan fingerprint density at radius 3 is 2.81 bits per heavy atom. The van der Waals surface area contributed by atoms with Crippen molar-refractivity contribution in [2.45, 2.75) is 12.5 Å². The fourth-order valence-corrected chi connectivity index (χ4v) is 4.18. The summed E-state index contributed by atoms with van der Waals surface area (Å²) >= 11 is 0. The van der Waals surface area contributed by atoms with Gasteiger partial charge in [-0.05, 0) is 23.8 Å². The molecule has 2 aliphatic rings. The Morgan fingerprint density at radius 1 is 1.19 bits per heavy atom. The molecule has 0 spiro atoms. The SMILES string of the molecule is CN1C(=O)[C@H](NC(=O)c2n[nH]c(Cc3ccccc3)n2)COc2ccc(C#CCN3CCOCC3)cc21. The van der Waals surface area contributed by atoms with E-state index >= 15 is 0 Å². The highest BCUT2D eigenvalue weighted by Crippen LogP contribution is 2.31. The molecule has 2 amide bonds. The van der Waals surface area contributed by atoms with E-state index in [2.05, 4.69) is 37.2 Å². The molecular weight excluding hydrogens is 472 g/mol. The minimum atomic E-state index is -0.892. The van der Waals surface area contributed by atoms with E-state index in [-0.39, 0.29) is 18.3 Å². The molecule has 0 saturated carbocycles. The van der Waals surface area contributed by atoms with Crippen LogP contribution >= 0.6 is 0 Å². The zero-order valence-corrected chi connectivity index (χ0v) is 20.6. The number of hydrogen-bond donors (Lipinski definition) is 2. The van der Waals surface area contributed by atoms with Crippen molar-refractivity contribution in [2.75, 3.05) is 51.4 Å². The third-order valence-corrected chi connectivity index (χ3v) is 6.25. The third kappa shape index (κ3) is 5.97. The molecule has 0 unspecified atom stereocenters. The molecule has 1 saturated heterocycles. The number of rotatable bonds is 5. The second-order valence-corrected chi connectivity index (χ2v) is 8.88. The first kappa shape index (κ1) is 24.5. The quantitative estimate of drug-likeness (QED) is 0.507. The molecule has 3 aromatic rings. The number of carbonyl (C=O) groups is 2. The zero-order chi connectivity index (χ0) is 25.6. The van der Waals surface area contributed by atoms with Gasteiger partial charge in [-0.15, -0.1) is 5.10 Å². The highest BCUT2D eigenvalue weighted by Gasteiger charge is 2.31. The minimum absolute atomic E-state index is 0.00867. The van der Waals surface area contributed by atoms with Crippen LogP contribution in [0.3, 0.4) is 0 Å². The number of benzene rings is 2. The molecule has 1 aromatic heterocycles. The molecule has 10 heteroatoms. The van der Waals surface area contributed by atoms with Crippen molar-refractivity contribution in [1.29, 1.82) is 0 Å². The number of anilines is 1. The number of aromatic nitrogens is 3. The van der Waals surface area contributed by atoms with E-state index in [0.717, 1.165) is 37.4 Å². The lowest BCUT2D eigenvalue weighted by Crippen LogP contribution is -2.49. The van der Waals surface area contributed by atoms with Gasteiger partial charge in [0.15, 0.2) is 0 Å². The first-order chi connectivity index (χ1) is 18.1. The summed E-state index contributed by atoms with van der Waals surface area (Å²) in [5.41, 5.74) is 2.43. The topological polar surface area (TPSA) is 113 Å². The Bertz CT molecular complexity index is 1320. The van der Waals surface area contributed by atoms with Gasteiger partial charge >= 0.3 is 0 Å². The Kier molecular flexibility index (Phi) is 7.44. The first-order valence-corrected chi connectivity index (χ1v) is 12.2. The molecule has 5 rings (SSSR count). The maximum atomic E-state index is 13.2. The Labute approximate surface area is 215 Å². The zero-order valence-electron chi connectivity index (χ0n) is 20.6. The number of hydrogen-bond acceptors (Lipinski definition) is 7. The van der Waals surface area contributed by atoms with Gasteiger partial charge in [0, 0.05) is 32.1 Å². The van der Waals surface area contributed by atoms with Crippen molar-refractivity contribution < 1.29 is 19.1 Å². The lowest BCUT2D eigenvalue weighted by Gasteiger charge is -2.24. The van der Waals surface area contributed by atoms with Crippen LogP contribution in [0.5, 0.6) is 5.75 Å². The van der Waals surface area contributed by atoms with Crippen molar-refractivity contribution in [3.05, 3.63) is 71.3 Å². The summed E-state index contributed by atoms with van der Waals surface area (Å²) in [4.78, 5) is 34.0. The fraction of sp³-hybridized carbons (Fsp3) is 0.333. The second-order valence-electron chi connectivity index (χ2n) is 8.88. The summed E-state index contributed by atoms with van der Waals surface area (Å²) in [6.45, 7) is 3.86. The number of aromatic amines is 1. The van der Waals surface area contributed by atoms with Gasteiger partial charge in [-0.3, -0.25) is 19.6 Å². The number of carbonyl (C=O) groups excluding carboxylic acids is 2. The number of nitrogens with one attached hydrogen (secondary N) is 2. The van der Waals surface area contributed by atoms with E-state index in [4.69, 9.17) is 9.47 Å². The Balaban J connectivity index is 1.22. The van der Waals surface area contributed by atoms with Gasteiger partial charge < -0.3 is 19.7 Å². The van der Waals surface area contributed by atoms with Crippen LogP contribution in [0.15, 0.2) is 48.5 Å². The van der Waals surface area contributed by atoms with Crippen molar-refractivity contribution in [3.8, 4) is 17.6 Å². The van der Waals surface area contributed by atoms with Crippen LogP contribution in [0.2, 0.25) is 0 Å². The normalized spacial score (nSPS) is 17.7. The van der Waals surface area contributed by atoms with Crippen LogP contribution in [0.25, 0.3) is 0 Å². The van der Waals surface area contributed by atoms with E-state index in [1.807, 2.05) is 42.5 Å². The van der Waals surface area contributed by atoms with Crippen molar-refractivity contribution in [2.24, 2.45) is 0 Å². The number of H-pyrrole nitrogens is 1. The standard InChI is InChI=1S/C27H28N6O4/c1-32-22-16-20(8-5-11-33-12-14-36-15-13-33)9-10-23(22)37-18-21(27(32)35)28-26(34)25-29-24(30-31-25)17-19-6-3-2-4-7-19/h2-4,6-7,9-10,16,21H,11-15,17-18H2,1H3,(H,28,34)(H,29,30,31)/t21-/m1/s1. The van der Waals surface area contributed by atoms with Crippen molar-refractivity contribution >= 4 is 17.5 Å². The number of nitrogens with zero attached hydrogens (tertiary/aromatic N) is 4. The van der Waals surface area contributed by atoms with Gasteiger partial charge in [-0.1, -0.05) is 42.2 Å². The van der Waals surface area contributed by atoms with Gasteiger partial charge in [0.05, 0.1) is 25.4 Å². The number of morpholine rings is 1. The molecular formula is C27H28N6O4. The van der Waals surface area contributed by atoms with Crippen LogP contribution in [0, 0.1) is 11.8 Å². The molecule has 0 aliphatic carbocycles. The molecule has 2 aliphatic heterocycles. The largest absolute Gasteiger partial charge is 0.489 e. The maximum absolute atomic E-state index is 13.2. The Hall–Kier alpha value is -4.20. The van der Waals surface area contributed by atoms with Crippen LogP contribution < -0.4 is 15.0 Å². The molecule has 3 heterocycles. The monoisotopic (exact) mass is 500 g/mol. The van der Waals surface area contributed by atoms with Gasteiger partial charge in [0.25, 0.3) is 11.8 Å². The molecule has 1 fully saturated rings. The minimum Gasteiger partial charge on any atom is -0.489 e. The third-order valence-electron chi connectivity index (χ3n) is 6.25. The van der Waals surface area contributed by atoms with E-state index in [1.165, 1.54) is 4.90 Å². The fourth-order valence-electron chi connectivity index (χ4n) is 4.18. The number of amides is 2. The molecule has 2 aromatic carbocycles. The lowest BCUT2D eigenvalue weighted by molar-refractivity contribution is -0.120. The summed E-state index contributed by atoms with van der Waals surface area (Å²) in [5.74, 6) is 6.59. The van der Waals surface area contributed by atoms with Gasteiger partial charge in [0.2, 0.25) is 5.82 Å². The molecule has 10 nitrogen and oxygen atoms in total. The summed E-state index contributed by atoms with van der Waals surface area (Å²) in [5, 5.41) is 9.52. The molecule has 37 heavy (non-hydrogen) atoms. The number of likely N-dealkylation sites (N-methyl/N-ethyl adjacent to an activating group) is 1. The molecule has 0 radical (unpaired) electrons. The summed E-state index contributed by atoms with van der Waals surface area (Å²) in [6, 6.07) is 14.4. The van der Waals surface area contributed by atoms with E-state index in [0.29, 0.717) is 30.2 Å². The second kappa shape index (κ2) is 11.2. The summed E-state index contributed by atoms with van der Waals surface area (Å²) < 4.78 is 11.2. The molecule has 0 bridgehead atoms. The van der Waals surface area contributed by atoms with E-state index in [9.17, 15) is 9.59 Å². The van der Waals surface area contributed by atoms with Crippen molar-refractivity contribution in [3.63, 3.8) is 0 Å². The van der Waals surface area contributed by atoms with Gasteiger partial charge in [0.1, 0.15) is 24.2 Å². The molecule has 2 N–H and O–H groups in total. The average molecular weight is 501 g/mol. The van der Waals surface area contributed by atoms with Crippen LogP contribution in [0.4, 0.5) is 5.69 Å². The summed E-state index contributed by atoms with van der Waals surface area (Å²) in [6.07, 6.45) is 0.516. The maximum Gasteiger partial charge on any atom is 0.291 e. The summed E-state index contributed by atoms with van der Waals surface area (Å²) in [7, 11) is 1.66. The highest BCUT2D eigenvalue weighted by atomic mass is 16.5. The Morgan fingerprint density at radius 2 is 2.00 bits per heavy atom. The van der Waals surface area contributed by atoms with E-state index in [1.54, 1.807) is 13.1 Å². The molecule has 1 atom stereocenters. The first-order valence-electron chi connectivity index (χ1n) is 12.2. The smallest absolute Gasteiger partial charge is 0.291 e. The highest BCUT2D eigenvalue weighted by molar-refractivity contribution is 6.02. The molecule has 190 valence electrons. The van der Waals surface area contributed by atoms with Gasteiger partial charge in [-0.25, -0.2) is 4.98 Å². The van der Waals surface area contributed by atoms with Gasteiger partial charge in [-0.2, -0.15) is 0 Å². The van der Waals surface area contributed by atoms with Crippen molar-refractivity contribution in [1.82, 2.24) is 25.4 Å². The number of ether oxygens (including phenoxy) is 2. The average Bonchev–Trinajstić information content (AvgIpc) is 3.36. The van der Waals surface area contributed by atoms with Crippen LogP contribution in [0.1, 0.15) is 27.6 Å². The van der Waals surface area contributed by atoms with Crippen LogP contribution in [-0.4, -0.2) is 84.4 Å². The predicted octanol–water partition coefficient (Wildman–Crippen LogP) is 1.23. The van der Waals surface area contributed by atoms with E-state index < -0.39 is 11.9 Å². The van der Waals surface area contributed by atoms with Crippen LogP contribution in [-0.2, 0) is 16.0 Å². The number of fused-ring (bicyclic) bond motifs is 1.